The zero-order chi connectivity index (χ0) is 24.7. The Kier molecular flexibility index (Phi) is 6.15. The minimum absolute atomic E-state index is 0.0274. The van der Waals surface area contributed by atoms with Crippen LogP contribution in [0.4, 0.5) is 5.00 Å². The molecule has 7 heteroatoms. The molecule has 0 bridgehead atoms. The smallest absolute Gasteiger partial charge is 0.343 e. The van der Waals surface area contributed by atoms with Gasteiger partial charge in [0.2, 0.25) is 0 Å². The van der Waals surface area contributed by atoms with Gasteiger partial charge in [0.15, 0.2) is 0 Å². The number of fused-ring (bicyclic) bond motifs is 3. The molecule has 182 valence electrons. The molecule has 0 saturated carbocycles. The zero-order valence-electron chi connectivity index (χ0n) is 20.6. The summed E-state index contributed by atoms with van der Waals surface area (Å²) in [5.41, 5.74) is 4.60. The van der Waals surface area contributed by atoms with Crippen LogP contribution in [0.2, 0.25) is 0 Å². The molecule has 0 aliphatic carbocycles. The molecule has 2 aliphatic heterocycles. The maximum atomic E-state index is 13.0. The molecule has 0 saturated heterocycles. The van der Waals surface area contributed by atoms with E-state index in [1.54, 1.807) is 35.6 Å². The Morgan fingerprint density at radius 2 is 1.80 bits per heavy atom. The van der Waals surface area contributed by atoms with Gasteiger partial charge in [-0.1, -0.05) is 52.0 Å². The second-order valence-corrected chi connectivity index (χ2v) is 11.3. The van der Waals surface area contributed by atoms with Gasteiger partial charge in [-0.2, -0.15) is 0 Å². The van der Waals surface area contributed by atoms with Crippen LogP contribution in [-0.4, -0.2) is 29.9 Å². The van der Waals surface area contributed by atoms with Gasteiger partial charge in [-0.05, 0) is 59.3 Å². The molecule has 2 aliphatic rings. The van der Waals surface area contributed by atoms with Gasteiger partial charge in [0.25, 0.3) is 5.91 Å². The molecule has 1 amide bonds. The summed E-state index contributed by atoms with van der Waals surface area (Å²) in [6, 6.07) is 14.8. The molecule has 3 aromatic rings. The number of amides is 1. The van der Waals surface area contributed by atoms with Gasteiger partial charge in [0.1, 0.15) is 16.9 Å². The monoisotopic (exact) mass is 489 g/mol. The number of carbonyl (C=O) groups excluding carboxylic acids is 2. The molecule has 0 fully saturated rings. The number of nitrogens with one attached hydrogen (secondary N) is 2. The van der Waals surface area contributed by atoms with Crippen molar-refractivity contribution >= 4 is 28.2 Å². The fraction of sp³-hybridized carbons (Fsp3) is 0.357. The number of ether oxygens (including phenoxy) is 1. The van der Waals surface area contributed by atoms with Crippen LogP contribution in [0.3, 0.4) is 0 Å². The average Bonchev–Trinajstić information content (AvgIpc) is 3.22. The predicted molar refractivity (Wildman–Crippen MR) is 139 cm³/mol. The van der Waals surface area contributed by atoms with Crippen LogP contribution in [0.1, 0.15) is 76.1 Å². The second-order valence-electron chi connectivity index (χ2n) is 10.2. The Bertz CT molecular complexity index is 1260. The lowest BCUT2D eigenvalue weighted by Crippen LogP contribution is -2.38. The second kappa shape index (κ2) is 9.13. The van der Waals surface area contributed by atoms with E-state index in [2.05, 4.69) is 43.2 Å². The van der Waals surface area contributed by atoms with E-state index in [9.17, 15) is 9.59 Å². The molecule has 0 radical (unpaired) electrons. The molecule has 1 aromatic heterocycles. The van der Waals surface area contributed by atoms with Crippen LogP contribution in [0.25, 0.3) is 0 Å². The van der Waals surface area contributed by atoms with Crippen molar-refractivity contribution in [2.24, 2.45) is 0 Å². The Hall–Kier alpha value is -3.16. The number of likely N-dealkylation sites (N-methyl/N-ethyl adjacent to an activating group) is 1. The van der Waals surface area contributed by atoms with E-state index in [4.69, 9.17) is 4.74 Å². The van der Waals surface area contributed by atoms with E-state index < -0.39 is 5.97 Å². The van der Waals surface area contributed by atoms with Crippen LogP contribution in [0.15, 0.2) is 48.5 Å². The van der Waals surface area contributed by atoms with E-state index in [1.165, 1.54) is 10.4 Å². The first-order valence-corrected chi connectivity index (χ1v) is 12.9. The summed E-state index contributed by atoms with van der Waals surface area (Å²) in [6.45, 7) is 11.5. The van der Waals surface area contributed by atoms with Crippen molar-refractivity contribution in [2.45, 2.75) is 52.2 Å². The van der Waals surface area contributed by atoms with Crippen LogP contribution < -0.4 is 15.4 Å². The van der Waals surface area contributed by atoms with Gasteiger partial charge in [0.05, 0.1) is 11.1 Å². The van der Waals surface area contributed by atoms with E-state index in [1.807, 2.05) is 24.3 Å². The lowest BCUT2D eigenvalue weighted by molar-refractivity contribution is 0.0734. The van der Waals surface area contributed by atoms with Crippen molar-refractivity contribution in [1.29, 1.82) is 0 Å². The van der Waals surface area contributed by atoms with Crippen LogP contribution >= 0.6 is 11.3 Å². The highest BCUT2D eigenvalue weighted by Crippen LogP contribution is 2.40. The van der Waals surface area contributed by atoms with Gasteiger partial charge in [0, 0.05) is 18.0 Å². The fourth-order valence-electron chi connectivity index (χ4n) is 4.61. The first-order valence-electron chi connectivity index (χ1n) is 12.1. The Labute approximate surface area is 210 Å². The highest BCUT2D eigenvalue weighted by Gasteiger charge is 2.33. The first-order chi connectivity index (χ1) is 16.7. The molecule has 35 heavy (non-hydrogen) atoms. The van der Waals surface area contributed by atoms with Gasteiger partial charge in [-0.3, -0.25) is 9.69 Å². The summed E-state index contributed by atoms with van der Waals surface area (Å²) >= 11 is 1.69. The molecule has 2 N–H and O–H groups in total. The van der Waals surface area contributed by atoms with Crippen molar-refractivity contribution in [3.63, 3.8) is 0 Å². The number of rotatable bonds is 4. The number of esters is 1. The molecule has 0 spiro atoms. The highest BCUT2D eigenvalue weighted by molar-refractivity contribution is 7.16. The van der Waals surface area contributed by atoms with Crippen molar-refractivity contribution in [3.05, 3.63) is 81.2 Å². The minimum Gasteiger partial charge on any atom is -0.423 e. The Morgan fingerprint density at radius 1 is 1.09 bits per heavy atom. The molecular weight excluding hydrogens is 458 g/mol. The Balaban J connectivity index is 1.27. The number of nitrogens with zero attached hydrogens (tertiary/aromatic N) is 1. The molecule has 1 atom stereocenters. The minimum atomic E-state index is -0.391. The number of hydrogen-bond donors (Lipinski definition) is 2. The molecular formula is C28H31N3O3S. The highest BCUT2D eigenvalue weighted by atomic mass is 32.1. The van der Waals surface area contributed by atoms with Gasteiger partial charge in [-0.25, -0.2) is 4.79 Å². The molecule has 5 rings (SSSR count). The van der Waals surface area contributed by atoms with Gasteiger partial charge < -0.3 is 15.4 Å². The average molecular weight is 490 g/mol. The Morgan fingerprint density at radius 3 is 2.46 bits per heavy atom. The largest absolute Gasteiger partial charge is 0.423 e. The first kappa shape index (κ1) is 23.6. The molecule has 3 heterocycles. The van der Waals surface area contributed by atoms with E-state index in [0.717, 1.165) is 47.7 Å². The molecule has 0 unspecified atom stereocenters. The number of anilines is 1. The predicted octanol–water partition coefficient (Wildman–Crippen LogP) is 5.50. The van der Waals surface area contributed by atoms with Crippen molar-refractivity contribution < 1.29 is 14.3 Å². The summed E-state index contributed by atoms with van der Waals surface area (Å²) in [5.74, 6) is 0.0466. The summed E-state index contributed by atoms with van der Waals surface area (Å²) in [7, 11) is 0. The summed E-state index contributed by atoms with van der Waals surface area (Å²) < 4.78 is 5.57. The third-order valence-corrected chi connectivity index (χ3v) is 7.92. The van der Waals surface area contributed by atoms with Crippen LogP contribution in [-0.2, 0) is 18.4 Å². The third-order valence-electron chi connectivity index (χ3n) is 6.77. The van der Waals surface area contributed by atoms with Crippen molar-refractivity contribution in [1.82, 2.24) is 10.2 Å². The summed E-state index contributed by atoms with van der Waals surface area (Å²) in [4.78, 5) is 29.3. The van der Waals surface area contributed by atoms with Crippen LogP contribution in [0.5, 0.6) is 5.75 Å². The number of thiophene rings is 1. The SMILES string of the molecule is CCN1CCc2c(sc3c2C(=O)N[C@H](c2ccc(OC(=O)c4ccc(C(C)(C)C)cc4)cc2)N3)C1. The van der Waals surface area contributed by atoms with Crippen LogP contribution in [0, 0.1) is 0 Å². The van der Waals surface area contributed by atoms with E-state index in [0.29, 0.717) is 11.3 Å². The lowest BCUT2D eigenvalue weighted by atomic mass is 9.87. The topological polar surface area (TPSA) is 70.7 Å². The van der Waals surface area contributed by atoms with Crippen molar-refractivity contribution in [3.8, 4) is 5.75 Å². The number of hydrogen-bond acceptors (Lipinski definition) is 6. The molecule has 2 aromatic carbocycles. The zero-order valence-corrected chi connectivity index (χ0v) is 21.4. The standard InChI is InChI=1S/C28H31N3O3S/c1-5-31-15-14-21-22(16-31)35-26-23(21)25(32)29-24(30-26)17-8-12-20(13-9-17)34-27(33)18-6-10-19(11-7-18)28(2,3)4/h6-13,24,30H,5,14-16H2,1-4H3,(H,29,32)/t24-/m0/s1. The maximum Gasteiger partial charge on any atom is 0.343 e. The number of benzene rings is 2. The third kappa shape index (κ3) is 4.70. The maximum absolute atomic E-state index is 13.0. The van der Waals surface area contributed by atoms with Gasteiger partial charge in [-0.15, -0.1) is 11.3 Å². The quantitative estimate of drug-likeness (QED) is 0.374. The summed E-state index contributed by atoms with van der Waals surface area (Å²) in [6.07, 6.45) is 0.584. The summed E-state index contributed by atoms with van der Waals surface area (Å²) in [5, 5.41) is 7.53. The lowest BCUT2D eigenvalue weighted by Gasteiger charge is -2.28. The number of carbonyl (C=O) groups is 2. The van der Waals surface area contributed by atoms with Gasteiger partial charge >= 0.3 is 5.97 Å². The molecule has 6 nitrogen and oxygen atoms in total. The normalized spacial score (nSPS) is 17.7. The van der Waals surface area contributed by atoms with E-state index >= 15 is 0 Å². The van der Waals surface area contributed by atoms with Crippen molar-refractivity contribution in [2.75, 3.05) is 18.4 Å². The van der Waals surface area contributed by atoms with E-state index in [-0.39, 0.29) is 17.5 Å². The fourth-order valence-corrected chi connectivity index (χ4v) is 5.92.